The van der Waals surface area contributed by atoms with E-state index in [0.717, 1.165) is 12.5 Å². The number of nitrogens with one attached hydrogen (secondary N) is 1. The molecule has 5 heteroatoms. The summed E-state index contributed by atoms with van der Waals surface area (Å²) in [6.45, 7) is 1.90. The van der Waals surface area contributed by atoms with Crippen LogP contribution < -0.4 is 5.64 Å². The standard InChI is InChI=1S/C7H9NO4/c1-2-3-5-4-6(9)11-8-12-7(5)10/h4,8H,2-3H2,1H3. The second-order valence-corrected chi connectivity index (χ2v) is 2.31. The number of carbonyl (C=O) groups excluding carboxylic acids is 2. The van der Waals surface area contributed by atoms with E-state index >= 15 is 0 Å². The van der Waals surface area contributed by atoms with Gasteiger partial charge in [0, 0.05) is 17.3 Å². The molecule has 0 spiro atoms. The molecule has 1 aliphatic heterocycles. The Morgan fingerprint density at radius 2 is 2.17 bits per heavy atom. The van der Waals surface area contributed by atoms with E-state index in [2.05, 4.69) is 9.68 Å². The summed E-state index contributed by atoms with van der Waals surface area (Å²) in [4.78, 5) is 30.3. The van der Waals surface area contributed by atoms with E-state index in [4.69, 9.17) is 0 Å². The fourth-order valence-electron chi connectivity index (χ4n) is 0.840. The van der Waals surface area contributed by atoms with Crippen molar-refractivity contribution in [3.05, 3.63) is 11.6 Å². The molecule has 0 unspecified atom stereocenters. The van der Waals surface area contributed by atoms with Gasteiger partial charge in [-0.15, -0.1) is 0 Å². The smallest absolute Gasteiger partial charge is 0.331 e. The van der Waals surface area contributed by atoms with Gasteiger partial charge in [-0.2, -0.15) is 0 Å². The van der Waals surface area contributed by atoms with Crippen molar-refractivity contribution < 1.29 is 19.3 Å². The molecule has 66 valence electrons. The van der Waals surface area contributed by atoms with E-state index in [0.29, 0.717) is 12.0 Å². The van der Waals surface area contributed by atoms with Gasteiger partial charge in [-0.25, -0.2) is 9.59 Å². The van der Waals surface area contributed by atoms with Gasteiger partial charge in [0.05, 0.1) is 0 Å². The minimum absolute atomic E-state index is 0.326. The zero-order valence-corrected chi connectivity index (χ0v) is 6.62. The minimum atomic E-state index is -0.621. The van der Waals surface area contributed by atoms with Crippen molar-refractivity contribution in [1.82, 2.24) is 5.64 Å². The molecular formula is C7H9NO4. The summed E-state index contributed by atoms with van der Waals surface area (Å²) in [5.74, 6) is -1.19. The lowest BCUT2D eigenvalue weighted by atomic mass is 10.1. The van der Waals surface area contributed by atoms with E-state index in [1.54, 1.807) is 5.64 Å². The molecule has 0 bridgehead atoms. The zero-order chi connectivity index (χ0) is 8.97. The lowest BCUT2D eigenvalue weighted by molar-refractivity contribution is -0.189. The lowest BCUT2D eigenvalue weighted by Gasteiger charge is -1.99. The Labute approximate surface area is 69.2 Å². The first-order valence-electron chi connectivity index (χ1n) is 3.61. The molecule has 0 saturated heterocycles. The second kappa shape index (κ2) is 3.87. The molecule has 0 aromatic heterocycles. The van der Waals surface area contributed by atoms with Crippen LogP contribution in [0.25, 0.3) is 0 Å². The third-order valence-electron chi connectivity index (χ3n) is 1.35. The van der Waals surface area contributed by atoms with Gasteiger partial charge in [0.2, 0.25) is 0 Å². The van der Waals surface area contributed by atoms with Crippen molar-refractivity contribution in [2.75, 3.05) is 0 Å². The van der Waals surface area contributed by atoms with Crippen molar-refractivity contribution >= 4 is 11.9 Å². The fraction of sp³-hybridized carbons (Fsp3) is 0.429. The van der Waals surface area contributed by atoms with Gasteiger partial charge in [0.25, 0.3) is 0 Å². The van der Waals surface area contributed by atoms with E-state index < -0.39 is 11.9 Å². The summed E-state index contributed by atoms with van der Waals surface area (Å²) in [5.41, 5.74) is 2.11. The predicted molar refractivity (Wildman–Crippen MR) is 38.3 cm³/mol. The highest BCUT2D eigenvalue weighted by Crippen LogP contribution is 2.08. The monoisotopic (exact) mass is 171 g/mol. The van der Waals surface area contributed by atoms with Gasteiger partial charge < -0.3 is 9.68 Å². The van der Waals surface area contributed by atoms with Crippen LogP contribution in [-0.4, -0.2) is 11.9 Å². The van der Waals surface area contributed by atoms with Crippen LogP contribution in [0.1, 0.15) is 19.8 Å². The summed E-state index contributed by atoms with van der Waals surface area (Å²) >= 11 is 0. The van der Waals surface area contributed by atoms with Crippen molar-refractivity contribution in [2.24, 2.45) is 0 Å². The molecular weight excluding hydrogens is 162 g/mol. The molecule has 0 fully saturated rings. The molecule has 0 saturated carbocycles. The van der Waals surface area contributed by atoms with Crippen LogP contribution in [-0.2, 0) is 19.3 Å². The topological polar surface area (TPSA) is 64.6 Å². The summed E-state index contributed by atoms with van der Waals surface area (Å²) in [6.07, 6.45) is 2.41. The minimum Gasteiger partial charge on any atom is -0.331 e. The first-order valence-corrected chi connectivity index (χ1v) is 3.61. The third-order valence-corrected chi connectivity index (χ3v) is 1.35. The number of carbonyl (C=O) groups is 2. The SMILES string of the molecule is CCCC1=CC(=O)ONOC1=O. The normalized spacial score (nSPS) is 17.6. The van der Waals surface area contributed by atoms with Crippen molar-refractivity contribution in [3.8, 4) is 0 Å². The highest BCUT2D eigenvalue weighted by Gasteiger charge is 2.17. The summed E-state index contributed by atoms with van der Waals surface area (Å²) in [7, 11) is 0. The van der Waals surface area contributed by atoms with Gasteiger partial charge in [-0.3, -0.25) is 0 Å². The lowest BCUT2D eigenvalue weighted by Crippen LogP contribution is -2.19. The van der Waals surface area contributed by atoms with Crippen LogP contribution in [0.3, 0.4) is 0 Å². The van der Waals surface area contributed by atoms with Crippen LogP contribution in [0.2, 0.25) is 0 Å². The highest BCUT2D eigenvalue weighted by molar-refractivity contribution is 5.96. The zero-order valence-electron chi connectivity index (χ0n) is 6.62. The maximum Gasteiger partial charge on any atom is 0.356 e. The molecule has 0 amide bonds. The van der Waals surface area contributed by atoms with E-state index in [9.17, 15) is 9.59 Å². The maximum atomic E-state index is 11.0. The van der Waals surface area contributed by atoms with Crippen LogP contribution in [0, 0.1) is 0 Å². The van der Waals surface area contributed by atoms with E-state index in [1.807, 2.05) is 6.92 Å². The Balaban J connectivity index is 2.74. The molecule has 0 atom stereocenters. The van der Waals surface area contributed by atoms with Crippen molar-refractivity contribution in [2.45, 2.75) is 19.8 Å². The van der Waals surface area contributed by atoms with Gasteiger partial charge in [0.15, 0.2) is 0 Å². The van der Waals surface area contributed by atoms with E-state index in [1.165, 1.54) is 0 Å². The van der Waals surface area contributed by atoms with Gasteiger partial charge in [-0.1, -0.05) is 13.3 Å². The largest absolute Gasteiger partial charge is 0.356 e. The number of hydrogen-bond acceptors (Lipinski definition) is 5. The quantitative estimate of drug-likeness (QED) is 0.644. The number of hydrogen-bond donors (Lipinski definition) is 1. The molecule has 0 aromatic carbocycles. The Hall–Kier alpha value is -1.36. The van der Waals surface area contributed by atoms with Gasteiger partial charge >= 0.3 is 11.9 Å². The van der Waals surface area contributed by atoms with Crippen LogP contribution in [0.5, 0.6) is 0 Å². The molecule has 1 aliphatic rings. The molecule has 1 rings (SSSR count). The Bertz CT molecular complexity index is 234. The molecule has 12 heavy (non-hydrogen) atoms. The molecule has 5 nitrogen and oxygen atoms in total. The van der Waals surface area contributed by atoms with Crippen molar-refractivity contribution in [3.63, 3.8) is 0 Å². The van der Waals surface area contributed by atoms with Crippen LogP contribution in [0.4, 0.5) is 0 Å². The first-order chi connectivity index (χ1) is 5.74. The summed E-state index contributed by atoms with van der Waals surface area (Å²) < 4.78 is 0. The highest BCUT2D eigenvalue weighted by atomic mass is 16.9. The van der Waals surface area contributed by atoms with Crippen LogP contribution in [0.15, 0.2) is 11.6 Å². The third kappa shape index (κ3) is 2.06. The van der Waals surface area contributed by atoms with Gasteiger partial charge in [-0.05, 0) is 6.42 Å². The second-order valence-electron chi connectivity index (χ2n) is 2.31. The molecule has 0 aliphatic carbocycles. The maximum absolute atomic E-state index is 11.0. The Morgan fingerprint density at radius 3 is 2.83 bits per heavy atom. The molecule has 0 radical (unpaired) electrons. The summed E-state index contributed by atoms with van der Waals surface area (Å²) in [5, 5.41) is 0. The average Bonchev–Trinajstić information content (AvgIpc) is 2.16. The Morgan fingerprint density at radius 1 is 1.42 bits per heavy atom. The Kier molecular flexibility index (Phi) is 2.82. The molecule has 1 heterocycles. The van der Waals surface area contributed by atoms with E-state index in [-0.39, 0.29) is 0 Å². The molecule has 1 N–H and O–H groups in total. The summed E-state index contributed by atoms with van der Waals surface area (Å²) in [6, 6.07) is 0. The van der Waals surface area contributed by atoms with Crippen LogP contribution >= 0.6 is 0 Å². The number of rotatable bonds is 2. The average molecular weight is 171 g/mol. The van der Waals surface area contributed by atoms with Crippen molar-refractivity contribution in [1.29, 1.82) is 0 Å². The predicted octanol–water partition coefficient (Wildman–Crippen LogP) is 0.232. The molecule has 0 aromatic rings. The first kappa shape index (κ1) is 8.73. The fourth-order valence-corrected chi connectivity index (χ4v) is 0.840. The van der Waals surface area contributed by atoms with Gasteiger partial charge in [0.1, 0.15) is 0 Å².